The van der Waals surface area contributed by atoms with E-state index in [0.717, 1.165) is 31.2 Å². The second-order valence-electron chi connectivity index (χ2n) is 9.14. The number of aliphatic hydroxyl groups is 1. The van der Waals surface area contributed by atoms with Gasteiger partial charge in [-0.1, -0.05) is 25.3 Å². The second kappa shape index (κ2) is 9.43. The highest BCUT2D eigenvalue weighted by Gasteiger charge is 2.41. The quantitative estimate of drug-likeness (QED) is 0.786. The van der Waals surface area contributed by atoms with Gasteiger partial charge in [-0.3, -0.25) is 19.5 Å². The van der Waals surface area contributed by atoms with Gasteiger partial charge in [0.1, 0.15) is 5.69 Å². The molecule has 3 heterocycles. The van der Waals surface area contributed by atoms with E-state index in [1.807, 2.05) is 24.0 Å². The van der Waals surface area contributed by atoms with Crippen LogP contribution in [-0.2, 0) is 4.79 Å². The molecule has 164 valence electrons. The first-order chi connectivity index (χ1) is 14.5. The number of rotatable bonds is 4. The van der Waals surface area contributed by atoms with Gasteiger partial charge in [0.2, 0.25) is 5.91 Å². The average molecular weight is 415 g/mol. The molecule has 3 fully saturated rings. The van der Waals surface area contributed by atoms with Gasteiger partial charge in [-0.2, -0.15) is 0 Å². The van der Waals surface area contributed by atoms with E-state index in [1.165, 1.54) is 19.3 Å². The number of hydrogen-bond donors (Lipinski definition) is 2. The van der Waals surface area contributed by atoms with E-state index in [1.54, 1.807) is 6.20 Å². The molecule has 0 spiro atoms. The molecule has 2 N–H and O–H groups in total. The molecule has 3 aliphatic rings. The molecule has 0 radical (unpaired) electrons. The van der Waals surface area contributed by atoms with Crippen LogP contribution in [0, 0.1) is 6.92 Å². The van der Waals surface area contributed by atoms with Crippen molar-refractivity contribution in [2.24, 2.45) is 0 Å². The van der Waals surface area contributed by atoms with Gasteiger partial charge in [0, 0.05) is 37.9 Å². The maximum Gasteiger partial charge on any atom is 0.272 e. The molecule has 1 saturated carbocycles. The summed E-state index contributed by atoms with van der Waals surface area (Å²) in [5, 5.41) is 13.5. The number of amides is 2. The molecule has 2 saturated heterocycles. The Hall–Kier alpha value is -1.99. The lowest BCUT2D eigenvalue weighted by molar-refractivity contribution is -0.127. The highest BCUT2D eigenvalue weighted by atomic mass is 16.3. The van der Waals surface area contributed by atoms with Crippen molar-refractivity contribution in [1.82, 2.24) is 20.1 Å². The molecule has 1 aromatic heterocycles. The molecule has 7 heteroatoms. The molecular weight excluding hydrogens is 380 g/mol. The van der Waals surface area contributed by atoms with E-state index in [0.29, 0.717) is 31.7 Å². The number of carbonyl (C=O) groups excluding carboxylic acids is 2. The number of pyridine rings is 1. The fourth-order valence-corrected chi connectivity index (χ4v) is 5.30. The molecule has 2 atom stereocenters. The van der Waals surface area contributed by atoms with E-state index in [-0.39, 0.29) is 29.9 Å². The molecule has 2 aliphatic heterocycles. The number of β-amino-alcohol motifs (C(OH)–C–C–N with tert-alkyl or cyclic N) is 1. The predicted molar refractivity (Wildman–Crippen MR) is 114 cm³/mol. The molecule has 7 nitrogen and oxygen atoms in total. The summed E-state index contributed by atoms with van der Waals surface area (Å²) in [4.78, 5) is 34.1. The fraction of sp³-hybridized carbons (Fsp3) is 0.696. The molecule has 1 aromatic rings. The lowest BCUT2D eigenvalue weighted by atomic mass is 9.95. The summed E-state index contributed by atoms with van der Waals surface area (Å²) in [6, 6.07) is 4.00. The van der Waals surface area contributed by atoms with E-state index in [2.05, 4.69) is 15.2 Å². The first kappa shape index (κ1) is 21.2. The number of aliphatic hydroxyl groups excluding tert-OH is 1. The van der Waals surface area contributed by atoms with Crippen molar-refractivity contribution < 1.29 is 14.7 Å². The number of carbonyl (C=O) groups is 2. The van der Waals surface area contributed by atoms with Crippen LogP contribution >= 0.6 is 0 Å². The van der Waals surface area contributed by atoms with Gasteiger partial charge in [0.05, 0.1) is 12.1 Å². The summed E-state index contributed by atoms with van der Waals surface area (Å²) in [7, 11) is 0. The molecule has 1 aliphatic carbocycles. The van der Waals surface area contributed by atoms with Gasteiger partial charge >= 0.3 is 0 Å². The minimum Gasteiger partial charge on any atom is -0.392 e. The van der Waals surface area contributed by atoms with Crippen molar-refractivity contribution >= 4 is 11.8 Å². The molecule has 0 bridgehead atoms. The van der Waals surface area contributed by atoms with Crippen molar-refractivity contribution in [2.45, 2.75) is 82.5 Å². The summed E-state index contributed by atoms with van der Waals surface area (Å²) < 4.78 is 0. The van der Waals surface area contributed by atoms with Crippen LogP contribution in [0.2, 0.25) is 0 Å². The number of aryl methyl sites for hydroxylation is 1. The molecule has 30 heavy (non-hydrogen) atoms. The van der Waals surface area contributed by atoms with Crippen molar-refractivity contribution in [3.05, 3.63) is 29.6 Å². The molecule has 4 rings (SSSR count). The van der Waals surface area contributed by atoms with Gasteiger partial charge in [-0.05, 0) is 50.7 Å². The van der Waals surface area contributed by atoms with Gasteiger partial charge in [-0.15, -0.1) is 0 Å². The Morgan fingerprint density at radius 3 is 2.57 bits per heavy atom. The lowest BCUT2D eigenvalue weighted by Gasteiger charge is -2.39. The summed E-state index contributed by atoms with van der Waals surface area (Å²) in [6.45, 7) is 3.76. The van der Waals surface area contributed by atoms with Gasteiger partial charge < -0.3 is 15.3 Å². The van der Waals surface area contributed by atoms with Crippen molar-refractivity contribution in [1.29, 1.82) is 0 Å². The smallest absolute Gasteiger partial charge is 0.272 e. The van der Waals surface area contributed by atoms with Crippen LogP contribution in [0.25, 0.3) is 0 Å². The van der Waals surface area contributed by atoms with Crippen LogP contribution in [0.1, 0.15) is 67.4 Å². The first-order valence-electron chi connectivity index (χ1n) is 11.5. The minimum absolute atomic E-state index is 0.0143. The third-order valence-electron chi connectivity index (χ3n) is 7.00. The Morgan fingerprint density at radius 1 is 1.13 bits per heavy atom. The van der Waals surface area contributed by atoms with Crippen LogP contribution in [0.15, 0.2) is 18.3 Å². The number of nitrogens with zero attached hydrogens (tertiary/aromatic N) is 3. The molecule has 0 aromatic carbocycles. The maximum atomic E-state index is 13.0. The Labute approximate surface area is 178 Å². The van der Waals surface area contributed by atoms with E-state index in [9.17, 15) is 14.7 Å². The number of aromatic nitrogens is 1. The summed E-state index contributed by atoms with van der Waals surface area (Å²) in [5.74, 6) is 0.0562. The number of hydrogen-bond acceptors (Lipinski definition) is 5. The standard InChI is InChI=1S/C23H34N4O3/c1-16-6-5-11-24-21(16)23(30)26-12-9-18(10-13-26)27-15-19(28)14-20(27)22(29)25-17-7-3-2-4-8-17/h5-6,11,17-20,28H,2-4,7-10,12-15H2,1H3,(H,25,29)/t19-,20+/m1/s1. The highest BCUT2D eigenvalue weighted by Crippen LogP contribution is 2.28. The van der Waals surface area contributed by atoms with Gasteiger partial charge in [0.25, 0.3) is 5.91 Å². The molecule has 0 unspecified atom stereocenters. The van der Waals surface area contributed by atoms with Crippen molar-refractivity contribution in [3.63, 3.8) is 0 Å². The third kappa shape index (κ3) is 4.67. The lowest BCUT2D eigenvalue weighted by Crippen LogP contribution is -2.53. The largest absolute Gasteiger partial charge is 0.392 e. The zero-order chi connectivity index (χ0) is 21.1. The normalized spacial score (nSPS) is 26.7. The zero-order valence-electron chi connectivity index (χ0n) is 17.9. The summed E-state index contributed by atoms with van der Waals surface area (Å²) in [5.41, 5.74) is 1.42. The first-order valence-corrected chi connectivity index (χ1v) is 11.5. The van der Waals surface area contributed by atoms with E-state index >= 15 is 0 Å². The molecular formula is C23H34N4O3. The SMILES string of the molecule is Cc1cccnc1C(=O)N1CCC(N2C[C@H](O)C[C@H]2C(=O)NC2CCCCC2)CC1. The predicted octanol–water partition coefficient (Wildman–Crippen LogP) is 1.88. The zero-order valence-corrected chi connectivity index (χ0v) is 17.9. The third-order valence-corrected chi connectivity index (χ3v) is 7.00. The van der Waals surface area contributed by atoms with Crippen LogP contribution in [-0.4, -0.2) is 75.6 Å². The van der Waals surface area contributed by atoms with Crippen LogP contribution in [0.4, 0.5) is 0 Å². The maximum absolute atomic E-state index is 13.0. The molecule has 2 amide bonds. The van der Waals surface area contributed by atoms with E-state index in [4.69, 9.17) is 0 Å². The van der Waals surface area contributed by atoms with Crippen molar-refractivity contribution in [2.75, 3.05) is 19.6 Å². The van der Waals surface area contributed by atoms with Gasteiger partial charge in [0.15, 0.2) is 0 Å². The van der Waals surface area contributed by atoms with Crippen LogP contribution in [0.3, 0.4) is 0 Å². The van der Waals surface area contributed by atoms with E-state index < -0.39 is 6.10 Å². The Kier molecular flexibility index (Phi) is 6.68. The second-order valence-corrected chi connectivity index (χ2v) is 9.14. The highest BCUT2D eigenvalue weighted by molar-refractivity contribution is 5.93. The van der Waals surface area contributed by atoms with Gasteiger partial charge in [-0.25, -0.2) is 0 Å². The Morgan fingerprint density at radius 2 is 1.87 bits per heavy atom. The minimum atomic E-state index is -0.456. The number of likely N-dealkylation sites (tertiary alicyclic amines) is 2. The fourth-order valence-electron chi connectivity index (χ4n) is 5.30. The monoisotopic (exact) mass is 414 g/mol. The average Bonchev–Trinajstić information content (AvgIpc) is 3.16. The summed E-state index contributed by atoms with van der Waals surface area (Å²) in [6.07, 6.45) is 9.10. The number of piperidine rings is 1. The van der Waals surface area contributed by atoms with Crippen LogP contribution in [0.5, 0.6) is 0 Å². The summed E-state index contributed by atoms with van der Waals surface area (Å²) >= 11 is 0. The topological polar surface area (TPSA) is 85.8 Å². The Balaban J connectivity index is 1.35. The van der Waals surface area contributed by atoms with Crippen molar-refractivity contribution in [3.8, 4) is 0 Å². The van der Waals surface area contributed by atoms with Crippen LogP contribution < -0.4 is 5.32 Å². The number of nitrogens with one attached hydrogen (secondary N) is 1. The Bertz CT molecular complexity index is 757.